The number of ether oxygens (including phenoxy) is 2. The fourth-order valence-electron chi connectivity index (χ4n) is 2.85. The second-order valence-corrected chi connectivity index (χ2v) is 5.33. The number of methoxy groups -OCH3 is 1. The number of hydrogen-bond acceptors (Lipinski definition) is 4. The molecular weight excluding hydrogens is 264 g/mol. The highest BCUT2D eigenvalue weighted by molar-refractivity contribution is 5.44. The first-order chi connectivity index (χ1) is 10.3. The van der Waals surface area contributed by atoms with Crippen LogP contribution in [0.4, 0.5) is 0 Å². The summed E-state index contributed by atoms with van der Waals surface area (Å²) in [5.74, 6) is 1.43. The van der Waals surface area contributed by atoms with Gasteiger partial charge in [0, 0.05) is 0 Å². The lowest BCUT2D eigenvalue weighted by Gasteiger charge is -2.26. The molecule has 1 aliphatic rings. The lowest BCUT2D eigenvalue weighted by Crippen LogP contribution is -2.28. The highest BCUT2D eigenvalue weighted by Gasteiger charge is 2.22. The van der Waals surface area contributed by atoms with E-state index in [-0.39, 0.29) is 6.04 Å². The summed E-state index contributed by atoms with van der Waals surface area (Å²) in [5.41, 5.74) is 0.986. The van der Waals surface area contributed by atoms with E-state index in [9.17, 15) is 5.26 Å². The van der Waals surface area contributed by atoms with Gasteiger partial charge < -0.3 is 9.47 Å². The second kappa shape index (κ2) is 7.90. The van der Waals surface area contributed by atoms with E-state index in [0.29, 0.717) is 12.4 Å². The Morgan fingerprint density at radius 2 is 1.90 bits per heavy atom. The van der Waals surface area contributed by atoms with E-state index in [1.807, 2.05) is 25.1 Å². The van der Waals surface area contributed by atoms with Crippen LogP contribution in [0, 0.1) is 11.3 Å². The molecule has 1 unspecified atom stereocenters. The van der Waals surface area contributed by atoms with Crippen molar-refractivity contribution in [3.05, 3.63) is 23.8 Å². The molecule has 1 aliphatic heterocycles. The van der Waals surface area contributed by atoms with Gasteiger partial charge in [-0.2, -0.15) is 5.26 Å². The molecule has 1 aromatic rings. The van der Waals surface area contributed by atoms with E-state index in [1.54, 1.807) is 7.11 Å². The highest BCUT2D eigenvalue weighted by atomic mass is 16.5. The Labute approximate surface area is 127 Å². The van der Waals surface area contributed by atoms with E-state index in [2.05, 4.69) is 11.0 Å². The molecule has 1 saturated heterocycles. The maximum atomic E-state index is 9.60. The summed E-state index contributed by atoms with van der Waals surface area (Å²) < 4.78 is 10.9. The molecule has 0 bridgehead atoms. The quantitative estimate of drug-likeness (QED) is 0.831. The molecule has 0 aromatic heterocycles. The van der Waals surface area contributed by atoms with Gasteiger partial charge >= 0.3 is 0 Å². The van der Waals surface area contributed by atoms with Gasteiger partial charge in [0.1, 0.15) is 6.04 Å². The SMILES string of the molecule is CCOc1ccc(C(C#N)N2CCCCCC2)cc1OC. The Morgan fingerprint density at radius 1 is 1.19 bits per heavy atom. The van der Waals surface area contributed by atoms with E-state index >= 15 is 0 Å². The van der Waals surface area contributed by atoms with Gasteiger partial charge in [-0.3, -0.25) is 4.90 Å². The van der Waals surface area contributed by atoms with Crippen molar-refractivity contribution >= 4 is 0 Å². The third kappa shape index (κ3) is 3.89. The van der Waals surface area contributed by atoms with Crippen molar-refractivity contribution in [2.24, 2.45) is 0 Å². The zero-order valence-electron chi connectivity index (χ0n) is 13.0. The number of rotatable bonds is 5. The maximum Gasteiger partial charge on any atom is 0.161 e. The Kier molecular flexibility index (Phi) is 5.89. The molecule has 1 heterocycles. The fraction of sp³-hybridized carbons (Fsp3) is 0.588. The van der Waals surface area contributed by atoms with Gasteiger partial charge in [0.25, 0.3) is 0 Å². The molecule has 4 nitrogen and oxygen atoms in total. The molecule has 1 fully saturated rings. The molecule has 1 aromatic carbocycles. The first kappa shape index (κ1) is 15.7. The van der Waals surface area contributed by atoms with Crippen molar-refractivity contribution in [2.45, 2.75) is 38.6 Å². The van der Waals surface area contributed by atoms with Crippen LogP contribution in [0.25, 0.3) is 0 Å². The topological polar surface area (TPSA) is 45.5 Å². The summed E-state index contributed by atoms with van der Waals surface area (Å²) in [6, 6.07) is 8.06. The van der Waals surface area contributed by atoms with Crippen LogP contribution in [0.1, 0.15) is 44.2 Å². The van der Waals surface area contributed by atoms with E-state index in [0.717, 1.165) is 24.4 Å². The van der Waals surface area contributed by atoms with Crippen LogP contribution in [0.5, 0.6) is 11.5 Å². The lowest BCUT2D eigenvalue weighted by molar-refractivity contribution is 0.244. The second-order valence-electron chi connectivity index (χ2n) is 5.33. The number of likely N-dealkylation sites (tertiary alicyclic amines) is 1. The summed E-state index contributed by atoms with van der Waals surface area (Å²) in [4.78, 5) is 2.28. The average molecular weight is 288 g/mol. The third-order valence-corrected chi connectivity index (χ3v) is 3.93. The van der Waals surface area contributed by atoms with Gasteiger partial charge in [-0.15, -0.1) is 0 Å². The lowest BCUT2D eigenvalue weighted by atomic mass is 10.1. The van der Waals surface area contributed by atoms with Crippen molar-refractivity contribution in [2.75, 3.05) is 26.8 Å². The molecule has 0 aliphatic carbocycles. The summed E-state index contributed by atoms with van der Waals surface area (Å²) in [6.07, 6.45) is 4.88. The van der Waals surface area contributed by atoms with Crippen LogP contribution in [-0.4, -0.2) is 31.7 Å². The van der Waals surface area contributed by atoms with Crippen LogP contribution in [-0.2, 0) is 0 Å². The van der Waals surface area contributed by atoms with Crippen molar-refractivity contribution in [1.29, 1.82) is 5.26 Å². The third-order valence-electron chi connectivity index (χ3n) is 3.93. The summed E-state index contributed by atoms with van der Waals surface area (Å²) in [6.45, 7) is 4.54. The van der Waals surface area contributed by atoms with Crippen molar-refractivity contribution < 1.29 is 9.47 Å². The van der Waals surface area contributed by atoms with Gasteiger partial charge in [0.05, 0.1) is 19.8 Å². The van der Waals surface area contributed by atoms with Gasteiger partial charge in [0.2, 0.25) is 0 Å². The summed E-state index contributed by atoms with van der Waals surface area (Å²) >= 11 is 0. The zero-order valence-corrected chi connectivity index (χ0v) is 13.0. The van der Waals surface area contributed by atoms with Gasteiger partial charge in [-0.1, -0.05) is 18.9 Å². The Bertz CT molecular complexity index is 488. The highest BCUT2D eigenvalue weighted by Crippen LogP contribution is 2.32. The predicted octanol–water partition coefficient (Wildman–Crippen LogP) is 3.53. The van der Waals surface area contributed by atoms with Crippen LogP contribution in [0.3, 0.4) is 0 Å². The summed E-state index contributed by atoms with van der Waals surface area (Å²) in [7, 11) is 1.63. The zero-order chi connectivity index (χ0) is 15.1. The van der Waals surface area contributed by atoms with Crippen LogP contribution in [0.15, 0.2) is 18.2 Å². The smallest absolute Gasteiger partial charge is 0.161 e. The number of benzene rings is 1. The molecule has 21 heavy (non-hydrogen) atoms. The van der Waals surface area contributed by atoms with Gasteiger partial charge in [0.15, 0.2) is 11.5 Å². The summed E-state index contributed by atoms with van der Waals surface area (Å²) in [5, 5.41) is 9.60. The van der Waals surface area contributed by atoms with Crippen LogP contribution in [0.2, 0.25) is 0 Å². The van der Waals surface area contributed by atoms with E-state index in [1.165, 1.54) is 25.7 Å². The van der Waals surface area contributed by atoms with E-state index < -0.39 is 0 Å². The minimum atomic E-state index is -0.201. The molecule has 0 spiro atoms. The molecule has 0 amide bonds. The van der Waals surface area contributed by atoms with Crippen molar-refractivity contribution in [3.8, 4) is 17.6 Å². The van der Waals surface area contributed by atoms with Gasteiger partial charge in [-0.25, -0.2) is 0 Å². The largest absolute Gasteiger partial charge is 0.493 e. The molecule has 4 heteroatoms. The van der Waals surface area contributed by atoms with Crippen molar-refractivity contribution in [1.82, 2.24) is 4.90 Å². The Hall–Kier alpha value is -1.73. The number of hydrogen-bond donors (Lipinski definition) is 0. The first-order valence-corrected chi connectivity index (χ1v) is 7.74. The minimum Gasteiger partial charge on any atom is -0.493 e. The van der Waals surface area contributed by atoms with Crippen LogP contribution < -0.4 is 9.47 Å². The molecule has 0 radical (unpaired) electrons. The molecule has 114 valence electrons. The average Bonchev–Trinajstić information content (AvgIpc) is 2.79. The Balaban J connectivity index is 2.23. The van der Waals surface area contributed by atoms with E-state index in [4.69, 9.17) is 9.47 Å². The standard InChI is InChI=1S/C17H24N2O2/c1-3-21-16-9-8-14(12-17(16)20-2)15(13-18)19-10-6-4-5-7-11-19/h8-9,12,15H,3-7,10-11H2,1-2H3. The maximum absolute atomic E-state index is 9.60. The van der Waals surface area contributed by atoms with Crippen LogP contribution >= 0.6 is 0 Å². The minimum absolute atomic E-state index is 0.201. The number of nitriles is 1. The monoisotopic (exact) mass is 288 g/mol. The number of nitrogens with zero attached hydrogens (tertiary/aromatic N) is 2. The van der Waals surface area contributed by atoms with Crippen molar-refractivity contribution in [3.63, 3.8) is 0 Å². The Morgan fingerprint density at radius 3 is 2.48 bits per heavy atom. The first-order valence-electron chi connectivity index (χ1n) is 7.74. The normalized spacial score (nSPS) is 17.6. The fourth-order valence-corrected chi connectivity index (χ4v) is 2.85. The molecular formula is C17H24N2O2. The van der Waals surface area contributed by atoms with Gasteiger partial charge in [-0.05, 0) is 50.6 Å². The molecule has 0 saturated carbocycles. The molecule has 1 atom stereocenters. The molecule has 0 N–H and O–H groups in total. The molecule has 2 rings (SSSR count). The predicted molar refractivity (Wildman–Crippen MR) is 82.6 cm³/mol.